The Morgan fingerprint density at radius 1 is 1.48 bits per heavy atom. The summed E-state index contributed by atoms with van der Waals surface area (Å²) in [5, 5.41) is 20.6. The van der Waals surface area contributed by atoms with E-state index in [9.17, 15) is 15.0 Å². The smallest absolute Gasteiger partial charge is 0.351 e. The van der Waals surface area contributed by atoms with E-state index in [1.54, 1.807) is 0 Å². The molecular formula is C14H25N3O5Si. The van der Waals surface area contributed by atoms with E-state index in [4.69, 9.17) is 14.9 Å². The number of hydrogen-bond donors (Lipinski definition) is 3. The molecule has 0 saturated carbocycles. The van der Waals surface area contributed by atoms with E-state index in [1.165, 1.54) is 12.3 Å². The molecule has 23 heavy (non-hydrogen) atoms. The third kappa shape index (κ3) is 3.81. The lowest BCUT2D eigenvalue weighted by Gasteiger charge is -2.33. The Balaban J connectivity index is 2.19. The minimum absolute atomic E-state index is 0.0880. The molecule has 1 aromatic heterocycles. The van der Waals surface area contributed by atoms with Gasteiger partial charge in [-0.1, -0.05) is 13.3 Å². The zero-order valence-corrected chi connectivity index (χ0v) is 15.1. The standard InChI is InChI=1S/C14H25N3O5Si/c1-4-7-23-22-14(2,3)11-9(18)10(19)12(21-11)17-6-5-8(15)16-13(17)20/h5-6,9-12,18-19H,4,7,23H2,1-3H3,(H2,15,16,20). The highest BCUT2D eigenvalue weighted by Crippen LogP contribution is 2.35. The monoisotopic (exact) mass is 343 g/mol. The maximum Gasteiger partial charge on any atom is 0.351 e. The van der Waals surface area contributed by atoms with Crippen LogP contribution in [0, 0.1) is 0 Å². The molecule has 1 fully saturated rings. The third-order valence-corrected chi connectivity index (χ3v) is 5.97. The van der Waals surface area contributed by atoms with Crippen LogP contribution in [0.15, 0.2) is 17.1 Å². The largest absolute Gasteiger partial charge is 0.416 e. The van der Waals surface area contributed by atoms with Gasteiger partial charge in [-0.3, -0.25) is 4.57 Å². The van der Waals surface area contributed by atoms with E-state index in [0.29, 0.717) is 0 Å². The number of rotatable bonds is 6. The van der Waals surface area contributed by atoms with Crippen molar-refractivity contribution in [1.82, 2.24) is 9.55 Å². The lowest BCUT2D eigenvalue weighted by atomic mass is 9.96. The molecule has 2 heterocycles. The van der Waals surface area contributed by atoms with E-state index < -0.39 is 45.6 Å². The van der Waals surface area contributed by atoms with Crippen LogP contribution in [0.2, 0.25) is 6.04 Å². The molecule has 2 rings (SSSR count). The van der Waals surface area contributed by atoms with E-state index in [-0.39, 0.29) is 5.82 Å². The van der Waals surface area contributed by atoms with E-state index in [2.05, 4.69) is 11.9 Å². The first-order chi connectivity index (χ1) is 10.8. The first kappa shape index (κ1) is 18.1. The highest BCUT2D eigenvalue weighted by molar-refractivity contribution is 6.27. The van der Waals surface area contributed by atoms with Crippen LogP contribution in [0.5, 0.6) is 0 Å². The summed E-state index contributed by atoms with van der Waals surface area (Å²) in [6.45, 7) is 5.73. The van der Waals surface area contributed by atoms with Gasteiger partial charge < -0.3 is 25.1 Å². The SMILES string of the molecule is CCC[SiH2]OC(C)(C)C1OC(n2ccc(N)nc2=O)C(O)C1O. The van der Waals surface area contributed by atoms with Crippen molar-refractivity contribution < 1.29 is 19.4 Å². The molecule has 0 aliphatic carbocycles. The van der Waals surface area contributed by atoms with Gasteiger partial charge in [0, 0.05) is 6.20 Å². The maximum absolute atomic E-state index is 11.9. The fourth-order valence-corrected chi connectivity index (χ4v) is 3.77. The third-order valence-electron chi connectivity index (χ3n) is 4.02. The molecule has 4 N–H and O–H groups in total. The Kier molecular flexibility index (Phi) is 5.58. The van der Waals surface area contributed by atoms with Crippen LogP contribution >= 0.6 is 0 Å². The summed E-state index contributed by atoms with van der Waals surface area (Å²) in [5.74, 6) is 0.0880. The number of nitrogen functional groups attached to an aromatic ring is 1. The van der Waals surface area contributed by atoms with Crippen molar-refractivity contribution in [2.24, 2.45) is 0 Å². The summed E-state index contributed by atoms with van der Waals surface area (Å²) >= 11 is 0. The molecule has 1 aliphatic heterocycles. The molecule has 0 aromatic carbocycles. The van der Waals surface area contributed by atoms with Gasteiger partial charge in [-0.15, -0.1) is 0 Å². The predicted molar refractivity (Wildman–Crippen MR) is 87.6 cm³/mol. The van der Waals surface area contributed by atoms with E-state index >= 15 is 0 Å². The van der Waals surface area contributed by atoms with Crippen molar-refractivity contribution in [3.8, 4) is 0 Å². The van der Waals surface area contributed by atoms with Crippen LogP contribution in [-0.4, -0.2) is 53.4 Å². The van der Waals surface area contributed by atoms with E-state index in [1.807, 2.05) is 13.8 Å². The number of anilines is 1. The number of hydrogen-bond acceptors (Lipinski definition) is 7. The van der Waals surface area contributed by atoms with Crippen molar-refractivity contribution in [2.45, 2.75) is 63.4 Å². The molecule has 0 bridgehead atoms. The second-order valence-electron chi connectivity index (χ2n) is 6.28. The summed E-state index contributed by atoms with van der Waals surface area (Å²) in [6, 6.07) is 2.46. The Bertz CT molecular complexity index is 594. The molecule has 1 saturated heterocycles. The predicted octanol–water partition coefficient (Wildman–Crippen LogP) is -0.848. The molecule has 4 atom stereocenters. The van der Waals surface area contributed by atoms with Gasteiger partial charge in [0.1, 0.15) is 24.1 Å². The lowest BCUT2D eigenvalue weighted by Crippen LogP contribution is -2.47. The van der Waals surface area contributed by atoms with Gasteiger partial charge >= 0.3 is 5.69 Å². The van der Waals surface area contributed by atoms with Crippen molar-refractivity contribution >= 4 is 15.6 Å². The van der Waals surface area contributed by atoms with Gasteiger partial charge in [0.05, 0.1) is 5.60 Å². The zero-order valence-electron chi connectivity index (χ0n) is 13.7. The summed E-state index contributed by atoms with van der Waals surface area (Å²) in [4.78, 5) is 15.5. The molecule has 1 aliphatic rings. The Morgan fingerprint density at radius 3 is 2.78 bits per heavy atom. The number of nitrogens with zero attached hydrogens (tertiary/aromatic N) is 2. The molecule has 130 valence electrons. The second-order valence-corrected chi connectivity index (χ2v) is 7.68. The first-order valence-electron chi connectivity index (χ1n) is 7.78. The maximum atomic E-state index is 11.9. The van der Waals surface area contributed by atoms with Crippen molar-refractivity contribution in [1.29, 1.82) is 0 Å². The number of aliphatic hydroxyl groups excluding tert-OH is 2. The molecule has 8 nitrogen and oxygen atoms in total. The number of nitrogens with two attached hydrogens (primary N) is 1. The molecule has 0 amide bonds. The van der Waals surface area contributed by atoms with Gasteiger partial charge in [0.2, 0.25) is 0 Å². The second kappa shape index (κ2) is 7.10. The van der Waals surface area contributed by atoms with Gasteiger partial charge in [-0.2, -0.15) is 4.98 Å². The van der Waals surface area contributed by atoms with Gasteiger partial charge in [0.25, 0.3) is 0 Å². The lowest BCUT2D eigenvalue weighted by molar-refractivity contribution is -0.113. The quantitative estimate of drug-likeness (QED) is 0.455. The Morgan fingerprint density at radius 2 is 2.17 bits per heavy atom. The number of aliphatic hydroxyl groups is 2. The molecule has 1 aromatic rings. The van der Waals surface area contributed by atoms with Gasteiger partial charge in [0.15, 0.2) is 16.0 Å². The van der Waals surface area contributed by atoms with Crippen molar-refractivity contribution in [2.75, 3.05) is 5.73 Å². The van der Waals surface area contributed by atoms with Gasteiger partial charge in [-0.05, 0) is 26.0 Å². The van der Waals surface area contributed by atoms with Crippen LogP contribution in [0.3, 0.4) is 0 Å². The fraction of sp³-hybridized carbons (Fsp3) is 0.714. The number of ether oxygens (including phenoxy) is 1. The fourth-order valence-electron chi connectivity index (χ4n) is 2.65. The number of aromatic nitrogens is 2. The van der Waals surface area contributed by atoms with Crippen LogP contribution in [-0.2, 0) is 9.16 Å². The minimum Gasteiger partial charge on any atom is -0.416 e. The normalized spacial score (nSPS) is 28.7. The molecular weight excluding hydrogens is 318 g/mol. The minimum atomic E-state index is -1.25. The molecule has 0 radical (unpaired) electrons. The van der Waals surface area contributed by atoms with Crippen LogP contribution in [0.1, 0.15) is 33.4 Å². The molecule has 4 unspecified atom stereocenters. The topological polar surface area (TPSA) is 120 Å². The van der Waals surface area contributed by atoms with Crippen LogP contribution in [0.4, 0.5) is 5.82 Å². The highest BCUT2D eigenvalue weighted by Gasteiger charge is 2.50. The Labute approximate surface area is 137 Å². The average Bonchev–Trinajstić information content (AvgIpc) is 2.76. The average molecular weight is 343 g/mol. The van der Waals surface area contributed by atoms with Crippen LogP contribution in [0.25, 0.3) is 0 Å². The molecule has 0 spiro atoms. The highest BCUT2D eigenvalue weighted by atomic mass is 28.2. The molecule has 9 heteroatoms. The summed E-state index contributed by atoms with van der Waals surface area (Å²) in [6.07, 6.45) is -1.72. The Hall–Kier alpha value is -1.26. The van der Waals surface area contributed by atoms with Crippen LogP contribution < -0.4 is 11.4 Å². The van der Waals surface area contributed by atoms with Gasteiger partial charge in [-0.25, -0.2) is 4.79 Å². The van der Waals surface area contributed by atoms with Crippen molar-refractivity contribution in [3.63, 3.8) is 0 Å². The summed E-state index contributed by atoms with van der Waals surface area (Å²) in [7, 11) is -0.729. The zero-order chi connectivity index (χ0) is 17.2. The van der Waals surface area contributed by atoms with E-state index in [0.717, 1.165) is 17.0 Å². The summed E-state index contributed by atoms with van der Waals surface area (Å²) in [5.41, 5.74) is 4.07. The van der Waals surface area contributed by atoms with Crippen molar-refractivity contribution in [3.05, 3.63) is 22.7 Å². The first-order valence-corrected chi connectivity index (χ1v) is 9.36. The summed E-state index contributed by atoms with van der Waals surface area (Å²) < 4.78 is 12.8.